The maximum atomic E-state index is 13.1. The van der Waals surface area contributed by atoms with E-state index in [-0.39, 0.29) is 4.90 Å². The van der Waals surface area contributed by atoms with Crippen LogP contribution in [-0.2, 0) is 21.3 Å². The summed E-state index contributed by atoms with van der Waals surface area (Å²) in [5.41, 5.74) is 0.908. The fourth-order valence-electron chi connectivity index (χ4n) is 2.53. The second-order valence-corrected chi connectivity index (χ2v) is 9.08. The van der Waals surface area contributed by atoms with Crippen LogP contribution in [0.5, 0.6) is 0 Å². The highest BCUT2D eigenvalue weighted by molar-refractivity contribution is 7.98. The minimum atomic E-state index is -3.94. The summed E-state index contributed by atoms with van der Waals surface area (Å²) in [6.07, 6.45) is 1.99. The van der Waals surface area contributed by atoms with Gasteiger partial charge in [-0.15, -0.1) is 16.2 Å². The van der Waals surface area contributed by atoms with Gasteiger partial charge in [-0.1, -0.05) is 11.3 Å². The number of aromatic nitrogens is 1. The standard InChI is InChI=1S/C18H19FN2O3S3/c1-3-24-11-10-21-16-9-6-14(25-2)12-17(16)26-18(21)20-27(22,23)15-7-4-13(19)5-8-15/h4-9,12H,3,10-11H2,1-2H3. The number of fused-ring (bicyclic) bond motifs is 1. The summed E-state index contributed by atoms with van der Waals surface area (Å²) < 4.78 is 50.7. The number of hydrogen-bond acceptors (Lipinski definition) is 5. The third kappa shape index (κ3) is 4.60. The Bertz CT molecular complexity index is 1100. The second kappa shape index (κ2) is 8.55. The van der Waals surface area contributed by atoms with Gasteiger partial charge < -0.3 is 9.30 Å². The van der Waals surface area contributed by atoms with Crippen molar-refractivity contribution in [2.24, 2.45) is 4.40 Å². The first kappa shape index (κ1) is 20.1. The first-order valence-electron chi connectivity index (χ1n) is 8.26. The predicted octanol–water partition coefficient (Wildman–Crippen LogP) is 3.89. The highest BCUT2D eigenvalue weighted by Gasteiger charge is 2.15. The molecule has 1 aromatic heterocycles. The summed E-state index contributed by atoms with van der Waals surface area (Å²) in [7, 11) is -3.94. The molecule has 0 fully saturated rings. The van der Waals surface area contributed by atoms with E-state index in [0.717, 1.165) is 27.2 Å². The Morgan fingerprint density at radius 3 is 2.63 bits per heavy atom. The average molecular weight is 427 g/mol. The molecule has 0 saturated heterocycles. The van der Waals surface area contributed by atoms with E-state index in [1.165, 1.54) is 23.5 Å². The van der Waals surface area contributed by atoms with Crippen molar-refractivity contribution < 1.29 is 17.5 Å². The van der Waals surface area contributed by atoms with E-state index >= 15 is 0 Å². The average Bonchev–Trinajstić information content (AvgIpc) is 2.98. The highest BCUT2D eigenvalue weighted by Crippen LogP contribution is 2.24. The number of sulfonamides is 1. The molecule has 0 N–H and O–H groups in total. The molecule has 3 rings (SSSR count). The van der Waals surface area contributed by atoms with E-state index in [2.05, 4.69) is 4.40 Å². The van der Waals surface area contributed by atoms with Gasteiger partial charge in [-0.3, -0.25) is 0 Å². The van der Waals surface area contributed by atoms with Crippen molar-refractivity contribution in [1.29, 1.82) is 0 Å². The molecule has 0 aliphatic heterocycles. The van der Waals surface area contributed by atoms with E-state index in [1.807, 2.05) is 35.9 Å². The minimum Gasteiger partial charge on any atom is -0.380 e. The molecule has 0 spiro atoms. The lowest BCUT2D eigenvalue weighted by Crippen LogP contribution is -2.19. The molecule has 0 aliphatic carbocycles. The first-order valence-corrected chi connectivity index (χ1v) is 11.7. The summed E-state index contributed by atoms with van der Waals surface area (Å²) in [4.78, 5) is 1.42. The molecule has 3 aromatic rings. The number of thioether (sulfide) groups is 1. The quantitative estimate of drug-likeness (QED) is 0.425. The summed E-state index contributed by atoms with van der Waals surface area (Å²) in [5, 5.41) is 0. The molecule has 144 valence electrons. The summed E-state index contributed by atoms with van der Waals surface area (Å²) in [6.45, 7) is 3.44. The molecule has 0 aliphatic rings. The summed E-state index contributed by atoms with van der Waals surface area (Å²) in [6, 6.07) is 10.6. The third-order valence-electron chi connectivity index (χ3n) is 3.86. The van der Waals surface area contributed by atoms with Gasteiger partial charge in [0, 0.05) is 18.0 Å². The Morgan fingerprint density at radius 2 is 1.96 bits per heavy atom. The molecule has 27 heavy (non-hydrogen) atoms. The van der Waals surface area contributed by atoms with Gasteiger partial charge in [0.05, 0.1) is 21.7 Å². The van der Waals surface area contributed by atoms with Crippen LogP contribution >= 0.6 is 23.1 Å². The molecule has 5 nitrogen and oxygen atoms in total. The molecule has 2 aromatic carbocycles. The second-order valence-electron chi connectivity index (χ2n) is 5.59. The fourth-order valence-corrected chi connectivity index (χ4v) is 5.34. The van der Waals surface area contributed by atoms with Crippen LogP contribution in [0, 0.1) is 5.82 Å². The van der Waals surface area contributed by atoms with Gasteiger partial charge in [0.2, 0.25) is 4.80 Å². The number of benzene rings is 2. The van der Waals surface area contributed by atoms with Crippen molar-refractivity contribution in [2.75, 3.05) is 19.5 Å². The summed E-state index contributed by atoms with van der Waals surface area (Å²) >= 11 is 2.93. The molecule has 1 heterocycles. The Hall–Kier alpha value is -1.68. The molecule has 9 heteroatoms. The van der Waals surface area contributed by atoms with Gasteiger partial charge in [-0.25, -0.2) is 4.39 Å². The largest absolute Gasteiger partial charge is 0.380 e. The lowest BCUT2D eigenvalue weighted by Gasteiger charge is -2.06. The smallest absolute Gasteiger partial charge is 0.285 e. The van der Waals surface area contributed by atoms with Crippen LogP contribution in [0.3, 0.4) is 0 Å². The first-order chi connectivity index (χ1) is 12.9. The number of ether oxygens (including phenoxy) is 1. The van der Waals surface area contributed by atoms with Crippen molar-refractivity contribution in [1.82, 2.24) is 4.57 Å². The molecule has 0 unspecified atom stereocenters. The molecular formula is C18H19FN2O3S3. The summed E-state index contributed by atoms with van der Waals surface area (Å²) in [5.74, 6) is -0.493. The van der Waals surface area contributed by atoms with Crippen LogP contribution in [0.1, 0.15) is 6.92 Å². The maximum absolute atomic E-state index is 13.1. The van der Waals surface area contributed by atoms with E-state index in [0.29, 0.717) is 24.6 Å². The van der Waals surface area contributed by atoms with E-state index in [1.54, 1.807) is 11.8 Å². The molecular weight excluding hydrogens is 407 g/mol. The van der Waals surface area contributed by atoms with Crippen LogP contribution in [0.4, 0.5) is 4.39 Å². The van der Waals surface area contributed by atoms with Crippen LogP contribution in [0.15, 0.2) is 56.7 Å². The van der Waals surface area contributed by atoms with Gasteiger partial charge in [-0.05, 0) is 55.6 Å². The zero-order valence-corrected chi connectivity index (χ0v) is 17.3. The molecule has 0 amide bonds. The Morgan fingerprint density at radius 1 is 1.22 bits per heavy atom. The van der Waals surface area contributed by atoms with Crippen molar-refractivity contribution in [3.63, 3.8) is 0 Å². The molecule has 0 atom stereocenters. The van der Waals surface area contributed by atoms with Crippen LogP contribution in [0.2, 0.25) is 0 Å². The SMILES string of the molecule is CCOCCn1c(=NS(=O)(=O)c2ccc(F)cc2)sc2cc(SC)ccc21. The normalized spacial score (nSPS) is 12.8. The van der Waals surface area contributed by atoms with Gasteiger partial charge in [0.1, 0.15) is 5.82 Å². The molecule has 0 radical (unpaired) electrons. The lowest BCUT2D eigenvalue weighted by molar-refractivity contribution is 0.139. The van der Waals surface area contributed by atoms with Gasteiger partial charge >= 0.3 is 0 Å². The third-order valence-corrected chi connectivity index (χ3v) is 7.03. The number of halogens is 1. The molecule has 0 saturated carbocycles. The Balaban J connectivity index is 2.14. The Kier molecular flexibility index (Phi) is 6.36. The Labute approximate surface area is 165 Å². The fraction of sp³-hybridized carbons (Fsp3) is 0.278. The lowest BCUT2D eigenvalue weighted by atomic mass is 10.3. The van der Waals surface area contributed by atoms with Gasteiger partial charge in [0.15, 0.2) is 0 Å². The van der Waals surface area contributed by atoms with Crippen LogP contribution < -0.4 is 4.80 Å². The van der Waals surface area contributed by atoms with Gasteiger partial charge in [-0.2, -0.15) is 8.42 Å². The number of thiazole rings is 1. The zero-order valence-electron chi connectivity index (χ0n) is 14.9. The van der Waals surface area contributed by atoms with E-state index < -0.39 is 15.8 Å². The van der Waals surface area contributed by atoms with Crippen molar-refractivity contribution >= 4 is 43.3 Å². The maximum Gasteiger partial charge on any atom is 0.285 e. The predicted molar refractivity (Wildman–Crippen MR) is 107 cm³/mol. The zero-order chi connectivity index (χ0) is 19.4. The van der Waals surface area contributed by atoms with Crippen molar-refractivity contribution in [2.45, 2.75) is 23.3 Å². The monoisotopic (exact) mass is 426 g/mol. The number of rotatable bonds is 7. The number of hydrogen-bond donors (Lipinski definition) is 0. The minimum absolute atomic E-state index is 0.0393. The van der Waals surface area contributed by atoms with Gasteiger partial charge in [0.25, 0.3) is 10.0 Å². The van der Waals surface area contributed by atoms with E-state index in [9.17, 15) is 12.8 Å². The van der Waals surface area contributed by atoms with E-state index in [4.69, 9.17) is 4.74 Å². The van der Waals surface area contributed by atoms with Crippen LogP contribution in [0.25, 0.3) is 10.2 Å². The molecule has 0 bridgehead atoms. The van der Waals surface area contributed by atoms with Crippen molar-refractivity contribution in [3.8, 4) is 0 Å². The number of nitrogens with zero attached hydrogens (tertiary/aromatic N) is 2. The van der Waals surface area contributed by atoms with Crippen molar-refractivity contribution in [3.05, 3.63) is 53.1 Å². The van der Waals surface area contributed by atoms with Crippen LogP contribution in [-0.4, -0.2) is 32.5 Å². The highest BCUT2D eigenvalue weighted by atomic mass is 32.2. The topological polar surface area (TPSA) is 60.7 Å².